The molecule has 88 valence electrons. The second-order valence-electron chi connectivity index (χ2n) is 2.74. The summed E-state index contributed by atoms with van der Waals surface area (Å²) >= 11 is 0. The first kappa shape index (κ1) is 14.2. The van der Waals surface area contributed by atoms with Crippen molar-refractivity contribution < 1.29 is 19.7 Å². The van der Waals surface area contributed by atoms with E-state index in [1.54, 1.807) is 6.92 Å². The molecule has 0 radical (unpaired) electrons. The molecule has 0 atom stereocenters. The first-order valence-corrected chi connectivity index (χ1v) is 4.80. The molecular weight excluding hydrogens is 208 g/mol. The summed E-state index contributed by atoms with van der Waals surface area (Å²) in [6, 6.07) is 9.15. The van der Waals surface area contributed by atoms with E-state index in [0.29, 0.717) is 0 Å². The number of aliphatic hydroxyl groups excluding tert-OH is 1. The molecule has 1 aromatic rings. The van der Waals surface area contributed by atoms with Crippen LogP contribution in [0.1, 0.15) is 12.5 Å². The maximum atomic E-state index is 10.5. The van der Waals surface area contributed by atoms with Gasteiger partial charge >= 0.3 is 5.97 Å². The van der Waals surface area contributed by atoms with E-state index in [-0.39, 0.29) is 12.4 Å². The smallest absolute Gasteiger partial charge is 0.371 e. The van der Waals surface area contributed by atoms with Gasteiger partial charge in [-0.3, -0.25) is 0 Å². The van der Waals surface area contributed by atoms with E-state index >= 15 is 0 Å². The number of aliphatic hydroxyl groups is 1. The third kappa shape index (κ3) is 5.82. The van der Waals surface area contributed by atoms with Gasteiger partial charge in [-0.15, -0.1) is 0 Å². The summed E-state index contributed by atoms with van der Waals surface area (Å²) in [5, 5.41) is 16.2. The standard InChI is InChI=1S/C10H10O3.C2H6O/c1-13-9(10(11)12)7-8-5-3-2-4-6-8;1-2-3/h2-7H,1H3,(H,11,12);3H,2H2,1H3. The molecule has 0 aliphatic rings. The lowest BCUT2D eigenvalue weighted by atomic mass is 10.2. The number of carbonyl (C=O) groups is 1. The van der Waals surface area contributed by atoms with Crippen molar-refractivity contribution in [1.82, 2.24) is 0 Å². The van der Waals surface area contributed by atoms with E-state index in [9.17, 15) is 4.79 Å². The SMILES string of the molecule is CCO.COC(=Cc1ccccc1)C(=O)O. The molecule has 0 aromatic heterocycles. The monoisotopic (exact) mass is 224 g/mol. The Balaban J connectivity index is 0.000000673. The fourth-order valence-electron chi connectivity index (χ4n) is 0.909. The number of hydrogen-bond acceptors (Lipinski definition) is 3. The van der Waals surface area contributed by atoms with Crippen LogP contribution in [-0.2, 0) is 9.53 Å². The van der Waals surface area contributed by atoms with Gasteiger partial charge < -0.3 is 14.9 Å². The fourth-order valence-corrected chi connectivity index (χ4v) is 0.909. The van der Waals surface area contributed by atoms with Crippen LogP contribution in [0, 0.1) is 0 Å². The molecule has 4 nitrogen and oxygen atoms in total. The van der Waals surface area contributed by atoms with Crippen molar-refractivity contribution in [2.75, 3.05) is 13.7 Å². The molecule has 1 rings (SSSR count). The molecule has 0 amide bonds. The summed E-state index contributed by atoms with van der Waals surface area (Å²) in [5.74, 6) is -1.13. The first-order chi connectivity index (χ1) is 7.65. The molecule has 4 heteroatoms. The molecule has 2 N–H and O–H groups in total. The topological polar surface area (TPSA) is 66.8 Å². The molecule has 0 spiro atoms. The third-order valence-corrected chi connectivity index (χ3v) is 1.53. The molecule has 0 aliphatic heterocycles. The van der Waals surface area contributed by atoms with Gasteiger partial charge in [-0.2, -0.15) is 0 Å². The van der Waals surface area contributed by atoms with Crippen LogP contribution in [0.3, 0.4) is 0 Å². The van der Waals surface area contributed by atoms with E-state index in [4.69, 9.17) is 10.2 Å². The van der Waals surface area contributed by atoms with Gasteiger partial charge in [0.25, 0.3) is 0 Å². The lowest BCUT2D eigenvalue weighted by molar-refractivity contribution is -0.135. The Morgan fingerprint density at radius 1 is 1.38 bits per heavy atom. The lowest BCUT2D eigenvalue weighted by Gasteiger charge is -1.99. The van der Waals surface area contributed by atoms with Gasteiger partial charge in [-0.1, -0.05) is 30.3 Å². The van der Waals surface area contributed by atoms with Crippen molar-refractivity contribution in [3.63, 3.8) is 0 Å². The maximum absolute atomic E-state index is 10.5. The van der Waals surface area contributed by atoms with Gasteiger partial charge in [-0.25, -0.2) is 4.79 Å². The number of carboxylic acids is 1. The Morgan fingerprint density at radius 3 is 2.25 bits per heavy atom. The number of carboxylic acid groups (broad SMARTS) is 1. The molecular formula is C12H16O4. The van der Waals surface area contributed by atoms with Crippen molar-refractivity contribution in [2.24, 2.45) is 0 Å². The highest BCUT2D eigenvalue weighted by Crippen LogP contribution is 2.06. The molecule has 1 aromatic carbocycles. The number of aliphatic carboxylic acids is 1. The van der Waals surface area contributed by atoms with Crippen LogP contribution in [0.4, 0.5) is 0 Å². The minimum absolute atomic E-state index is 0.0637. The highest BCUT2D eigenvalue weighted by atomic mass is 16.5. The number of hydrogen-bond donors (Lipinski definition) is 2. The van der Waals surface area contributed by atoms with E-state index in [1.165, 1.54) is 13.2 Å². The molecule has 0 bridgehead atoms. The van der Waals surface area contributed by atoms with E-state index in [1.807, 2.05) is 30.3 Å². The average Bonchev–Trinajstić information content (AvgIpc) is 2.28. The average molecular weight is 224 g/mol. The van der Waals surface area contributed by atoms with Gasteiger partial charge in [0.05, 0.1) is 7.11 Å². The van der Waals surface area contributed by atoms with E-state index in [2.05, 4.69) is 4.74 Å². The summed E-state index contributed by atoms with van der Waals surface area (Å²) in [5.41, 5.74) is 0.807. The predicted octanol–water partition coefficient (Wildman–Crippen LogP) is 1.76. The Bertz CT molecular complexity index is 330. The van der Waals surface area contributed by atoms with E-state index < -0.39 is 5.97 Å². The van der Waals surface area contributed by atoms with Crippen LogP contribution in [0.5, 0.6) is 0 Å². The third-order valence-electron chi connectivity index (χ3n) is 1.53. The van der Waals surface area contributed by atoms with Gasteiger partial charge in [0, 0.05) is 6.61 Å². The molecule has 0 fully saturated rings. The number of benzene rings is 1. The van der Waals surface area contributed by atoms with Crippen molar-refractivity contribution in [1.29, 1.82) is 0 Å². The van der Waals surface area contributed by atoms with Gasteiger partial charge in [0.1, 0.15) is 0 Å². The zero-order chi connectivity index (χ0) is 12.4. The van der Waals surface area contributed by atoms with Crippen molar-refractivity contribution >= 4 is 12.0 Å². The van der Waals surface area contributed by atoms with Crippen molar-refractivity contribution in [3.8, 4) is 0 Å². The Kier molecular flexibility index (Phi) is 7.53. The highest BCUT2D eigenvalue weighted by molar-refractivity contribution is 5.89. The Labute approximate surface area is 94.8 Å². The Hall–Kier alpha value is -1.81. The number of methoxy groups -OCH3 is 1. The summed E-state index contributed by atoms with van der Waals surface area (Å²) in [4.78, 5) is 10.5. The summed E-state index contributed by atoms with van der Waals surface area (Å²) < 4.78 is 4.68. The zero-order valence-electron chi connectivity index (χ0n) is 9.38. The van der Waals surface area contributed by atoms with E-state index in [0.717, 1.165) is 5.56 Å². The fraction of sp³-hybridized carbons (Fsp3) is 0.250. The molecule has 0 unspecified atom stereocenters. The van der Waals surface area contributed by atoms with Crippen LogP contribution >= 0.6 is 0 Å². The summed E-state index contributed by atoms with van der Waals surface area (Å²) in [6.07, 6.45) is 1.47. The molecule has 16 heavy (non-hydrogen) atoms. The minimum Gasteiger partial charge on any atom is -0.490 e. The molecule has 0 aliphatic carbocycles. The van der Waals surface area contributed by atoms with Gasteiger partial charge in [0.2, 0.25) is 5.76 Å². The second kappa shape index (κ2) is 8.49. The van der Waals surface area contributed by atoms with Gasteiger partial charge in [-0.05, 0) is 18.6 Å². The van der Waals surface area contributed by atoms with Crippen LogP contribution in [0.25, 0.3) is 6.08 Å². The van der Waals surface area contributed by atoms with Crippen LogP contribution in [-0.4, -0.2) is 29.9 Å². The van der Waals surface area contributed by atoms with Crippen LogP contribution in [0.15, 0.2) is 36.1 Å². The van der Waals surface area contributed by atoms with Gasteiger partial charge in [0.15, 0.2) is 0 Å². The van der Waals surface area contributed by atoms with Crippen LogP contribution < -0.4 is 0 Å². The quantitative estimate of drug-likeness (QED) is 0.606. The van der Waals surface area contributed by atoms with Crippen molar-refractivity contribution in [2.45, 2.75) is 6.92 Å². The van der Waals surface area contributed by atoms with Crippen molar-refractivity contribution in [3.05, 3.63) is 41.7 Å². The predicted molar refractivity (Wildman–Crippen MR) is 61.8 cm³/mol. The maximum Gasteiger partial charge on any atom is 0.371 e. The summed E-state index contributed by atoms with van der Waals surface area (Å²) in [7, 11) is 1.34. The zero-order valence-corrected chi connectivity index (χ0v) is 9.38. The molecule has 0 saturated heterocycles. The Morgan fingerprint density at radius 2 is 1.88 bits per heavy atom. The highest BCUT2D eigenvalue weighted by Gasteiger charge is 2.05. The lowest BCUT2D eigenvalue weighted by Crippen LogP contribution is -2.01. The normalized spacial score (nSPS) is 10.1. The summed E-state index contributed by atoms with van der Waals surface area (Å²) in [6.45, 7) is 1.93. The molecule has 0 heterocycles. The number of rotatable bonds is 3. The molecule has 0 saturated carbocycles. The van der Waals surface area contributed by atoms with Crippen LogP contribution in [0.2, 0.25) is 0 Å². The minimum atomic E-state index is -1.06. The first-order valence-electron chi connectivity index (χ1n) is 4.80. The number of ether oxygens (including phenoxy) is 1. The second-order valence-corrected chi connectivity index (χ2v) is 2.74. The largest absolute Gasteiger partial charge is 0.490 e.